The van der Waals surface area contributed by atoms with E-state index in [2.05, 4.69) is 0 Å². The van der Waals surface area contributed by atoms with Crippen molar-refractivity contribution in [3.05, 3.63) is 108 Å². The molecule has 1 fully saturated rings. The van der Waals surface area contributed by atoms with Crippen molar-refractivity contribution >= 4 is 11.9 Å². The summed E-state index contributed by atoms with van der Waals surface area (Å²) in [6.07, 6.45) is -3.29. The van der Waals surface area contributed by atoms with Gasteiger partial charge in [0.2, 0.25) is 0 Å². The van der Waals surface area contributed by atoms with Crippen LogP contribution in [0.15, 0.2) is 91.0 Å². The summed E-state index contributed by atoms with van der Waals surface area (Å²) in [6.45, 7) is 0.930. The molecule has 1 heterocycles. The zero-order valence-corrected chi connectivity index (χ0v) is 24.1. The molecule has 3 aromatic carbocycles. The zero-order valence-electron chi connectivity index (χ0n) is 24.1. The smallest absolute Gasteiger partial charge is 0.320 e. The van der Waals surface area contributed by atoms with Gasteiger partial charge in [-0.25, -0.2) is 0 Å². The highest BCUT2D eigenvalue weighted by Crippen LogP contribution is 2.38. The average Bonchev–Trinajstić information content (AvgIpc) is 3.04. The Morgan fingerprint density at radius 1 is 0.667 bits per heavy atom. The Morgan fingerprint density at radius 3 is 1.57 bits per heavy atom. The van der Waals surface area contributed by atoms with E-state index in [0.717, 1.165) is 16.7 Å². The Morgan fingerprint density at radius 2 is 1.12 bits per heavy atom. The molecule has 0 aliphatic carbocycles. The first-order chi connectivity index (χ1) is 20.5. The van der Waals surface area contributed by atoms with Gasteiger partial charge in [0, 0.05) is 7.11 Å². The molecule has 42 heavy (non-hydrogen) atoms. The molecule has 4 rings (SSSR count). The van der Waals surface area contributed by atoms with Crippen molar-refractivity contribution in [1.29, 1.82) is 0 Å². The van der Waals surface area contributed by atoms with Crippen LogP contribution in [0, 0.1) is 11.8 Å². The van der Waals surface area contributed by atoms with E-state index in [9.17, 15) is 9.59 Å². The van der Waals surface area contributed by atoms with Gasteiger partial charge in [-0.15, -0.1) is 0 Å². The van der Waals surface area contributed by atoms with Crippen LogP contribution in [0.5, 0.6) is 0 Å². The number of benzene rings is 3. The molecule has 0 unspecified atom stereocenters. The minimum absolute atomic E-state index is 0.146. The molecule has 0 bridgehead atoms. The van der Waals surface area contributed by atoms with Crippen LogP contribution in [0.4, 0.5) is 0 Å². The fraction of sp³-hybridized carbons (Fsp3) is 0.394. The standard InChI is InChI=1S/C33H38O9/c1-36-31(34)28(32(35)37-2)27-30(41-21-25-17-11-6-12-18-25)29(40-20-24-15-9-5-10-16-24)26(42-33(27)38-3)22-39-19-23-13-7-4-8-14-23/h4-18,26-30,33H,19-22H2,1-3H3/t26-,27-,29-,30-,33-/m1/s1. The summed E-state index contributed by atoms with van der Waals surface area (Å²) in [5.74, 6) is -3.91. The fourth-order valence-electron chi connectivity index (χ4n) is 5.09. The lowest BCUT2D eigenvalue weighted by Crippen LogP contribution is -2.61. The molecule has 0 N–H and O–H groups in total. The van der Waals surface area contributed by atoms with Crippen molar-refractivity contribution in [3.63, 3.8) is 0 Å². The Kier molecular flexibility index (Phi) is 12.0. The van der Waals surface area contributed by atoms with Gasteiger partial charge >= 0.3 is 11.9 Å². The molecule has 0 radical (unpaired) electrons. The summed E-state index contributed by atoms with van der Waals surface area (Å²) in [6, 6.07) is 29.1. The van der Waals surface area contributed by atoms with Crippen LogP contribution in [0.2, 0.25) is 0 Å². The van der Waals surface area contributed by atoms with Gasteiger partial charge in [0.1, 0.15) is 12.2 Å². The number of methoxy groups -OCH3 is 3. The van der Waals surface area contributed by atoms with Crippen LogP contribution in [0.3, 0.4) is 0 Å². The predicted molar refractivity (Wildman–Crippen MR) is 153 cm³/mol. The van der Waals surface area contributed by atoms with Gasteiger partial charge in [0.25, 0.3) is 0 Å². The van der Waals surface area contributed by atoms with Crippen molar-refractivity contribution in [2.24, 2.45) is 11.8 Å². The van der Waals surface area contributed by atoms with E-state index >= 15 is 0 Å². The second-order valence-electron chi connectivity index (χ2n) is 9.90. The third kappa shape index (κ3) is 8.24. The molecule has 9 nitrogen and oxygen atoms in total. The van der Waals surface area contributed by atoms with Crippen LogP contribution in [-0.2, 0) is 62.6 Å². The number of hydrogen-bond acceptors (Lipinski definition) is 9. The van der Waals surface area contributed by atoms with E-state index in [4.69, 9.17) is 33.2 Å². The van der Waals surface area contributed by atoms with Crippen molar-refractivity contribution < 1.29 is 42.7 Å². The molecule has 0 saturated carbocycles. The summed E-state index contributed by atoms with van der Waals surface area (Å²) in [5.41, 5.74) is 2.85. The molecule has 224 valence electrons. The molecule has 5 atom stereocenters. The van der Waals surface area contributed by atoms with Crippen molar-refractivity contribution in [3.8, 4) is 0 Å². The van der Waals surface area contributed by atoms with Crippen LogP contribution >= 0.6 is 0 Å². The van der Waals surface area contributed by atoms with Gasteiger partial charge in [-0.3, -0.25) is 9.59 Å². The van der Waals surface area contributed by atoms with Crippen LogP contribution < -0.4 is 0 Å². The Labute approximate surface area is 246 Å². The predicted octanol–water partition coefficient (Wildman–Crippen LogP) is 4.32. The maximum Gasteiger partial charge on any atom is 0.320 e. The Balaban J connectivity index is 1.68. The number of carbonyl (C=O) groups excluding carboxylic acids is 2. The highest BCUT2D eigenvalue weighted by molar-refractivity contribution is 5.95. The molecule has 0 amide bonds. The number of esters is 2. The normalized spacial score (nSPS) is 22.0. The van der Waals surface area contributed by atoms with Crippen LogP contribution in [-0.4, -0.2) is 64.5 Å². The summed E-state index contributed by atoms with van der Waals surface area (Å²) in [7, 11) is 3.88. The van der Waals surface area contributed by atoms with Gasteiger partial charge in [0.15, 0.2) is 12.2 Å². The highest BCUT2D eigenvalue weighted by Gasteiger charge is 2.55. The fourth-order valence-corrected chi connectivity index (χ4v) is 5.09. The summed E-state index contributed by atoms with van der Waals surface area (Å²) >= 11 is 0. The summed E-state index contributed by atoms with van der Waals surface area (Å²) in [5, 5.41) is 0. The first-order valence-electron chi connectivity index (χ1n) is 13.8. The van der Waals surface area contributed by atoms with Gasteiger partial charge in [-0.1, -0.05) is 91.0 Å². The topological polar surface area (TPSA) is 98.8 Å². The third-order valence-electron chi connectivity index (χ3n) is 7.18. The first kappa shape index (κ1) is 31.3. The van der Waals surface area contributed by atoms with Crippen molar-refractivity contribution in [1.82, 2.24) is 0 Å². The quantitative estimate of drug-likeness (QED) is 0.205. The van der Waals surface area contributed by atoms with Gasteiger partial charge in [0.05, 0.1) is 52.7 Å². The minimum Gasteiger partial charge on any atom is -0.468 e. The average molecular weight is 579 g/mol. The van der Waals surface area contributed by atoms with Gasteiger partial charge in [-0.05, 0) is 16.7 Å². The number of rotatable bonds is 14. The Bertz CT molecular complexity index is 1210. The second kappa shape index (κ2) is 16.1. The molecule has 3 aromatic rings. The van der Waals surface area contributed by atoms with Crippen LogP contribution in [0.25, 0.3) is 0 Å². The molecular weight excluding hydrogens is 540 g/mol. The van der Waals surface area contributed by atoms with Crippen molar-refractivity contribution in [2.75, 3.05) is 27.9 Å². The summed E-state index contributed by atoms with van der Waals surface area (Å²) in [4.78, 5) is 26.1. The van der Waals surface area contributed by atoms with E-state index < -0.39 is 48.4 Å². The summed E-state index contributed by atoms with van der Waals surface area (Å²) < 4.78 is 41.3. The Hall–Kier alpha value is -3.60. The molecule has 0 aromatic heterocycles. The third-order valence-corrected chi connectivity index (χ3v) is 7.18. The van der Waals surface area contributed by atoms with E-state index in [1.807, 2.05) is 91.0 Å². The zero-order chi connectivity index (χ0) is 29.7. The molecular formula is C33H38O9. The lowest BCUT2D eigenvalue weighted by atomic mass is 9.80. The monoisotopic (exact) mass is 578 g/mol. The molecule has 0 spiro atoms. The first-order valence-corrected chi connectivity index (χ1v) is 13.8. The largest absolute Gasteiger partial charge is 0.468 e. The van der Waals surface area contributed by atoms with Crippen LogP contribution in [0.1, 0.15) is 16.7 Å². The van der Waals surface area contributed by atoms with E-state index in [0.29, 0.717) is 6.61 Å². The maximum absolute atomic E-state index is 13.0. The lowest BCUT2D eigenvalue weighted by Gasteiger charge is -2.47. The van der Waals surface area contributed by atoms with Crippen molar-refractivity contribution in [2.45, 2.75) is 44.4 Å². The maximum atomic E-state index is 13.0. The second-order valence-corrected chi connectivity index (χ2v) is 9.90. The van der Waals surface area contributed by atoms with E-state index in [-0.39, 0.29) is 19.8 Å². The highest BCUT2D eigenvalue weighted by atomic mass is 16.7. The molecule has 1 aliphatic rings. The number of hydrogen-bond donors (Lipinski definition) is 0. The minimum atomic E-state index is -1.39. The number of carbonyl (C=O) groups is 2. The molecule has 1 saturated heterocycles. The van der Waals surface area contributed by atoms with Gasteiger partial charge < -0.3 is 33.2 Å². The SMILES string of the molecule is COC(=O)C(C(=O)OC)[C@H]1[C@H](OC)O[C@H](COCc2ccccc2)[C@@H](OCc2ccccc2)[C@@H]1OCc1ccccc1. The molecule has 9 heteroatoms. The van der Waals surface area contributed by atoms with E-state index in [1.54, 1.807) is 0 Å². The van der Waals surface area contributed by atoms with Gasteiger partial charge in [-0.2, -0.15) is 0 Å². The number of ether oxygens (including phenoxy) is 7. The lowest BCUT2D eigenvalue weighted by molar-refractivity contribution is -0.306. The van der Waals surface area contributed by atoms with E-state index in [1.165, 1.54) is 21.3 Å². The molecule has 1 aliphatic heterocycles.